The first kappa shape index (κ1) is 12.6. The first-order valence-electron chi connectivity index (χ1n) is 5.39. The molecule has 0 saturated carbocycles. The molecular weight excluding hydrogens is 206 g/mol. The highest BCUT2D eigenvalue weighted by Gasteiger charge is 2.08. The Hall–Kier alpha value is -1.43. The van der Waals surface area contributed by atoms with E-state index in [-0.39, 0.29) is 5.91 Å². The number of nitrogens with zero attached hydrogens (tertiary/aromatic N) is 4. The van der Waals surface area contributed by atoms with Crippen molar-refractivity contribution in [3.63, 3.8) is 0 Å². The van der Waals surface area contributed by atoms with E-state index in [9.17, 15) is 4.79 Å². The molecular formula is C10H19N5O. The van der Waals surface area contributed by atoms with Crippen molar-refractivity contribution in [2.45, 2.75) is 12.8 Å². The zero-order chi connectivity index (χ0) is 12.0. The third-order valence-electron chi connectivity index (χ3n) is 2.15. The zero-order valence-electron chi connectivity index (χ0n) is 10.1. The van der Waals surface area contributed by atoms with E-state index in [2.05, 4.69) is 20.5 Å². The second-order valence-electron chi connectivity index (χ2n) is 4.04. The molecule has 0 aromatic carbocycles. The van der Waals surface area contributed by atoms with E-state index in [1.54, 1.807) is 13.2 Å². The van der Waals surface area contributed by atoms with Crippen molar-refractivity contribution in [3.05, 3.63) is 11.9 Å². The Bertz CT molecular complexity index is 334. The van der Waals surface area contributed by atoms with Crippen molar-refractivity contribution in [3.8, 4) is 0 Å². The van der Waals surface area contributed by atoms with Crippen molar-refractivity contribution in [2.75, 3.05) is 27.2 Å². The number of nitrogens with one attached hydrogen (secondary N) is 1. The number of aromatic nitrogens is 3. The van der Waals surface area contributed by atoms with Crippen LogP contribution in [0.15, 0.2) is 6.20 Å². The van der Waals surface area contributed by atoms with E-state index in [1.807, 2.05) is 14.1 Å². The van der Waals surface area contributed by atoms with Gasteiger partial charge in [0.15, 0.2) is 5.69 Å². The number of aryl methyl sites for hydroxylation is 1. The summed E-state index contributed by atoms with van der Waals surface area (Å²) in [5.41, 5.74) is 0.370. The number of hydrogen-bond acceptors (Lipinski definition) is 4. The van der Waals surface area contributed by atoms with Gasteiger partial charge in [-0.1, -0.05) is 5.21 Å². The monoisotopic (exact) mass is 225 g/mol. The van der Waals surface area contributed by atoms with E-state index in [4.69, 9.17) is 0 Å². The molecule has 0 aliphatic heterocycles. The van der Waals surface area contributed by atoms with Crippen LogP contribution in [0.5, 0.6) is 0 Å². The minimum Gasteiger partial charge on any atom is -0.351 e. The lowest BCUT2D eigenvalue weighted by atomic mass is 10.3. The first-order valence-corrected chi connectivity index (χ1v) is 5.39. The maximum Gasteiger partial charge on any atom is 0.273 e. The van der Waals surface area contributed by atoms with Crippen molar-refractivity contribution in [2.24, 2.45) is 7.05 Å². The lowest BCUT2D eigenvalue weighted by molar-refractivity contribution is 0.0947. The maximum atomic E-state index is 11.5. The maximum absolute atomic E-state index is 11.5. The van der Waals surface area contributed by atoms with Gasteiger partial charge in [-0.25, -0.2) is 0 Å². The minimum absolute atomic E-state index is 0.155. The Morgan fingerprint density at radius 1 is 1.50 bits per heavy atom. The van der Waals surface area contributed by atoms with Crippen LogP contribution in [0.4, 0.5) is 0 Å². The first-order chi connectivity index (χ1) is 7.59. The third-order valence-corrected chi connectivity index (χ3v) is 2.15. The molecule has 1 amide bonds. The molecule has 90 valence electrons. The van der Waals surface area contributed by atoms with Crippen molar-refractivity contribution in [1.29, 1.82) is 0 Å². The van der Waals surface area contributed by atoms with E-state index >= 15 is 0 Å². The average Bonchev–Trinajstić information content (AvgIpc) is 2.63. The molecule has 0 fully saturated rings. The van der Waals surface area contributed by atoms with E-state index in [0.29, 0.717) is 12.2 Å². The summed E-state index contributed by atoms with van der Waals surface area (Å²) in [5.74, 6) is -0.155. The Morgan fingerprint density at radius 3 is 2.81 bits per heavy atom. The number of carbonyl (C=O) groups excluding carboxylic acids is 1. The summed E-state index contributed by atoms with van der Waals surface area (Å²) in [6.07, 6.45) is 3.66. The Kier molecular flexibility index (Phi) is 4.91. The molecule has 0 radical (unpaired) electrons. The van der Waals surface area contributed by atoms with Gasteiger partial charge in [-0.3, -0.25) is 9.48 Å². The van der Waals surface area contributed by atoms with Gasteiger partial charge in [-0.05, 0) is 33.5 Å². The topological polar surface area (TPSA) is 63.1 Å². The van der Waals surface area contributed by atoms with Crippen LogP contribution in [0.1, 0.15) is 23.3 Å². The van der Waals surface area contributed by atoms with E-state index in [0.717, 1.165) is 19.4 Å². The van der Waals surface area contributed by atoms with Gasteiger partial charge in [-0.2, -0.15) is 0 Å². The predicted octanol–water partition coefficient (Wildman–Crippen LogP) is -0.113. The van der Waals surface area contributed by atoms with Gasteiger partial charge in [0.25, 0.3) is 5.91 Å². The van der Waals surface area contributed by atoms with Crippen LogP contribution in [0.2, 0.25) is 0 Å². The van der Waals surface area contributed by atoms with Crippen LogP contribution in [0, 0.1) is 0 Å². The molecule has 16 heavy (non-hydrogen) atoms. The molecule has 1 aromatic heterocycles. The van der Waals surface area contributed by atoms with E-state index < -0.39 is 0 Å². The Morgan fingerprint density at radius 2 is 2.25 bits per heavy atom. The van der Waals surface area contributed by atoms with Crippen LogP contribution >= 0.6 is 0 Å². The van der Waals surface area contributed by atoms with Gasteiger partial charge in [0.2, 0.25) is 0 Å². The lowest BCUT2D eigenvalue weighted by Gasteiger charge is -2.08. The molecule has 0 bridgehead atoms. The largest absolute Gasteiger partial charge is 0.351 e. The molecule has 0 saturated heterocycles. The number of rotatable bonds is 6. The van der Waals surface area contributed by atoms with Gasteiger partial charge in [0, 0.05) is 13.6 Å². The fourth-order valence-electron chi connectivity index (χ4n) is 1.30. The summed E-state index contributed by atoms with van der Waals surface area (Å²) in [7, 11) is 5.82. The van der Waals surface area contributed by atoms with Crippen molar-refractivity contribution >= 4 is 5.91 Å². The Labute approximate surface area is 95.6 Å². The molecule has 1 N–H and O–H groups in total. The SMILES string of the molecule is CN(C)CCCCNC(=O)c1cn(C)nn1. The molecule has 0 unspecified atom stereocenters. The molecule has 1 aromatic rings. The fourth-order valence-corrected chi connectivity index (χ4v) is 1.30. The molecule has 0 atom stereocenters. The minimum atomic E-state index is -0.155. The second kappa shape index (κ2) is 6.22. The van der Waals surface area contributed by atoms with Gasteiger partial charge in [0.1, 0.15) is 0 Å². The Balaban J connectivity index is 2.16. The second-order valence-corrected chi connectivity index (χ2v) is 4.04. The van der Waals surface area contributed by atoms with Crippen LogP contribution in [-0.2, 0) is 7.05 Å². The molecule has 0 spiro atoms. The summed E-state index contributed by atoms with van der Waals surface area (Å²) in [4.78, 5) is 13.6. The molecule has 6 heteroatoms. The van der Waals surface area contributed by atoms with Gasteiger partial charge < -0.3 is 10.2 Å². The highest BCUT2D eigenvalue weighted by Crippen LogP contribution is 1.93. The van der Waals surface area contributed by atoms with Crippen molar-refractivity contribution in [1.82, 2.24) is 25.2 Å². The lowest BCUT2D eigenvalue weighted by Crippen LogP contribution is -2.25. The fraction of sp³-hybridized carbons (Fsp3) is 0.700. The summed E-state index contributed by atoms with van der Waals surface area (Å²) >= 11 is 0. The number of amides is 1. The van der Waals surface area contributed by atoms with Crippen LogP contribution in [0.25, 0.3) is 0 Å². The van der Waals surface area contributed by atoms with Crippen LogP contribution in [0.3, 0.4) is 0 Å². The van der Waals surface area contributed by atoms with Crippen LogP contribution in [-0.4, -0.2) is 53.0 Å². The highest BCUT2D eigenvalue weighted by atomic mass is 16.1. The van der Waals surface area contributed by atoms with Gasteiger partial charge in [-0.15, -0.1) is 5.10 Å². The van der Waals surface area contributed by atoms with Crippen LogP contribution < -0.4 is 5.32 Å². The third kappa shape index (κ3) is 4.39. The molecule has 0 aliphatic rings. The molecule has 1 heterocycles. The average molecular weight is 225 g/mol. The van der Waals surface area contributed by atoms with Gasteiger partial charge in [0.05, 0.1) is 6.20 Å². The summed E-state index contributed by atoms with van der Waals surface area (Å²) in [6.45, 7) is 1.73. The number of carbonyl (C=O) groups is 1. The number of hydrogen-bond donors (Lipinski definition) is 1. The van der Waals surface area contributed by atoms with Gasteiger partial charge >= 0.3 is 0 Å². The van der Waals surface area contributed by atoms with Crippen molar-refractivity contribution < 1.29 is 4.79 Å². The standard InChI is InChI=1S/C10H19N5O/c1-14(2)7-5-4-6-11-10(16)9-8-15(3)13-12-9/h8H,4-7H2,1-3H3,(H,11,16). The highest BCUT2D eigenvalue weighted by molar-refractivity contribution is 5.91. The summed E-state index contributed by atoms with van der Waals surface area (Å²) in [5, 5.41) is 10.3. The quantitative estimate of drug-likeness (QED) is 0.686. The smallest absolute Gasteiger partial charge is 0.273 e. The van der Waals surface area contributed by atoms with E-state index in [1.165, 1.54) is 4.68 Å². The summed E-state index contributed by atoms with van der Waals surface area (Å²) in [6, 6.07) is 0. The molecule has 0 aliphatic carbocycles. The molecule has 6 nitrogen and oxygen atoms in total. The predicted molar refractivity (Wildman–Crippen MR) is 61.1 cm³/mol. The summed E-state index contributed by atoms with van der Waals surface area (Å²) < 4.78 is 1.51. The zero-order valence-corrected chi connectivity index (χ0v) is 10.1. The normalized spacial score (nSPS) is 10.8. The molecule has 1 rings (SSSR count). The number of unbranched alkanes of at least 4 members (excludes halogenated alkanes) is 1.